The molecule has 4 heteroatoms. The lowest BCUT2D eigenvalue weighted by molar-refractivity contribution is -0.136. The molecule has 114 valence electrons. The van der Waals surface area contributed by atoms with E-state index >= 15 is 0 Å². The monoisotopic (exact) mass is 288 g/mol. The topological polar surface area (TPSA) is 52.6 Å². The molecular weight excluding hydrogens is 264 g/mol. The van der Waals surface area contributed by atoms with Crippen molar-refractivity contribution >= 4 is 5.91 Å². The smallest absolute Gasteiger partial charge is 0.234 e. The molecule has 21 heavy (non-hydrogen) atoms. The van der Waals surface area contributed by atoms with Crippen LogP contribution in [0.3, 0.4) is 0 Å². The maximum Gasteiger partial charge on any atom is 0.234 e. The number of β-amino-alcohol motifs (C(OH)–C–C–N with tert-alkyl or cyclic N) is 1. The van der Waals surface area contributed by atoms with Crippen molar-refractivity contribution in [2.45, 2.75) is 31.3 Å². The summed E-state index contributed by atoms with van der Waals surface area (Å²) in [5.74, 6) is 0.848. The summed E-state index contributed by atoms with van der Waals surface area (Å²) in [6, 6.07) is 10.2. The maximum atomic E-state index is 11.9. The first-order chi connectivity index (χ1) is 10.1. The van der Waals surface area contributed by atoms with E-state index in [1.165, 1.54) is 5.56 Å². The van der Waals surface area contributed by atoms with Gasteiger partial charge in [-0.1, -0.05) is 37.3 Å². The summed E-state index contributed by atoms with van der Waals surface area (Å²) in [5.41, 5.74) is 0.738. The van der Waals surface area contributed by atoms with Crippen molar-refractivity contribution in [1.82, 2.24) is 10.2 Å². The van der Waals surface area contributed by atoms with Gasteiger partial charge in [-0.05, 0) is 30.2 Å². The zero-order chi connectivity index (χ0) is 14.9. The van der Waals surface area contributed by atoms with Crippen molar-refractivity contribution in [1.29, 1.82) is 0 Å². The normalized spacial score (nSPS) is 22.4. The van der Waals surface area contributed by atoms with Gasteiger partial charge in [0.25, 0.3) is 0 Å². The fourth-order valence-electron chi connectivity index (χ4n) is 3.14. The van der Waals surface area contributed by atoms with Gasteiger partial charge >= 0.3 is 0 Å². The molecule has 1 aromatic rings. The van der Waals surface area contributed by atoms with E-state index in [1.54, 1.807) is 0 Å². The molecule has 4 nitrogen and oxygen atoms in total. The van der Waals surface area contributed by atoms with Gasteiger partial charge < -0.3 is 10.4 Å². The number of nitrogens with zero attached hydrogens (tertiary/aromatic N) is 1. The Labute approximate surface area is 126 Å². The number of rotatable bonds is 6. The fraction of sp³-hybridized carbons (Fsp3) is 0.588. The second-order valence-electron chi connectivity index (χ2n) is 6.64. The second kappa shape index (κ2) is 5.78. The van der Waals surface area contributed by atoms with Crippen molar-refractivity contribution in [3.05, 3.63) is 35.9 Å². The van der Waals surface area contributed by atoms with Crippen LogP contribution in [0.2, 0.25) is 0 Å². The summed E-state index contributed by atoms with van der Waals surface area (Å²) in [6.07, 6.45) is 2.29. The highest BCUT2D eigenvalue weighted by atomic mass is 16.3. The Hall–Kier alpha value is -1.39. The SMILES string of the molecule is CC(CNC(=O)CN1CC(O)(C2CC2)C1)c1ccccc1. The summed E-state index contributed by atoms with van der Waals surface area (Å²) in [7, 11) is 0. The Morgan fingerprint density at radius 2 is 2.05 bits per heavy atom. The van der Waals surface area contributed by atoms with Crippen molar-refractivity contribution in [3.8, 4) is 0 Å². The van der Waals surface area contributed by atoms with E-state index < -0.39 is 5.60 Å². The molecule has 1 atom stereocenters. The molecule has 1 saturated heterocycles. The van der Waals surface area contributed by atoms with E-state index in [4.69, 9.17) is 0 Å². The fourth-order valence-corrected chi connectivity index (χ4v) is 3.14. The van der Waals surface area contributed by atoms with Gasteiger partial charge in [-0.25, -0.2) is 0 Å². The molecule has 1 aliphatic heterocycles. The first-order valence-corrected chi connectivity index (χ1v) is 7.83. The molecule has 1 amide bonds. The maximum absolute atomic E-state index is 11.9. The minimum absolute atomic E-state index is 0.0515. The minimum atomic E-state index is -0.502. The van der Waals surface area contributed by atoms with Gasteiger partial charge in [0.2, 0.25) is 5.91 Å². The van der Waals surface area contributed by atoms with Gasteiger partial charge in [0, 0.05) is 19.6 Å². The molecule has 0 spiro atoms. The summed E-state index contributed by atoms with van der Waals surface area (Å²) >= 11 is 0. The molecule has 3 rings (SSSR count). The van der Waals surface area contributed by atoms with E-state index in [-0.39, 0.29) is 5.91 Å². The van der Waals surface area contributed by atoms with Crippen LogP contribution in [0.4, 0.5) is 0 Å². The Morgan fingerprint density at radius 1 is 1.38 bits per heavy atom. The molecule has 2 aliphatic rings. The molecule has 1 aliphatic carbocycles. The van der Waals surface area contributed by atoms with Crippen LogP contribution in [0.15, 0.2) is 30.3 Å². The number of hydrogen-bond acceptors (Lipinski definition) is 3. The van der Waals surface area contributed by atoms with E-state index in [9.17, 15) is 9.90 Å². The van der Waals surface area contributed by atoms with Crippen LogP contribution in [0.25, 0.3) is 0 Å². The molecule has 1 unspecified atom stereocenters. The van der Waals surface area contributed by atoms with E-state index in [0.717, 1.165) is 12.8 Å². The third-order valence-corrected chi connectivity index (χ3v) is 4.67. The number of amides is 1. The van der Waals surface area contributed by atoms with Crippen LogP contribution < -0.4 is 5.32 Å². The number of carbonyl (C=O) groups is 1. The molecule has 0 aromatic heterocycles. The summed E-state index contributed by atoms with van der Waals surface area (Å²) in [5, 5.41) is 13.2. The number of benzene rings is 1. The molecular formula is C17H24N2O2. The zero-order valence-corrected chi connectivity index (χ0v) is 12.6. The predicted molar refractivity (Wildman–Crippen MR) is 82.0 cm³/mol. The van der Waals surface area contributed by atoms with Crippen molar-refractivity contribution in [2.75, 3.05) is 26.2 Å². The number of nitrogens with one attached hydrogen (secondary N) is 1. The highest BCUT2D eigenvalue weighted by molar-refractivity contribution is 5.78. The van der Waals surface area contributed by atoms with E-state index in [2.05, 4.69) is 24.4 Å². The molecule has 2 N–H and O–H groups in total. The summed E-state index contributed by atoms with van der Waals surface area (Å²) in [4.78, 5) is 14.0. The number of likely N-dealkylation sites (tertiary alicyclic amines) is 1. The molecule has 1 aromatic carbocycles. The number of hydrogen-bond donors (Lipinski definition) is 2. The van der Waals surface area contributed by atoms with Gasteiger partial charge in [0.1, 0.15) is 0 Å². The van der Waals surface area contributed by atoms with Gasteiger partial charge in [0.15, 0.2) is 0 Å². The Morgan fingerprint density at radius 3 is 2.67 bits per heavy atom. The van der Waals surface area contributed by atoms with Crippen LogP contribution in [0.1, 0.15) is 31.2 Å². The van der Waals surface area contributed by atoms with Crippen LogP contribution in [0, 0.1) is 5.92 Å². The highest BCUT2D eigenvalue weighted by Crippen LogP contribution is 2.44. The van der Waals surface area contributed by atoms with Crippen LogP contribution >= 0.6 is 0 Å². The van der Waals surface area contributed by atoms with Gasteiger partial charge in [0.05, 0.1) is 12.1 Å². The van der Waals surface area contributed by atoms with Gasteiger partial charge in [-0.3, -0.25) is 9.69 Å². The van der Waals surface area contributed by atoms with E-state index in [0.29, 0.717) is 38.0 Å². The highest BCUT2D eigenvalue weighted by Gasteiger charge is 2.51. The molecule has 1 heterocycles. The minimum Gasteiger partial charge on any atom is -0.387 e. The Kier molecular flexibility index (Phi) is 4.00. The third kappa shape index (κ3) is 3.44. The Bertz CT molecular complexity index is 493. The molecule has 2 fully saturated rings. The van der Waals surface area contributed by atoms with Gasteiger partial charge in [-0.15, -0.1) is 0 Å². The summed E-state index contributed by atoms with van der Waals surface area (Å²) < 4.78 is 0. The predicted octanol–water partition coefficient (Wildman–Crippen LogP) is 1.36. The first kappa shape index (κ1) is 14.5. The lowest BCUT2D eigenvalue weighted by Crippen LogP contribution is -2.64. The van der Waals surface area contributed by atoms with Gasteiger partial charge in [-0.2, -0.15) is 0 Å². The van der Waals surface area contributed by atoms with Crippen molar-refractivity contribution in [3.63, 3.8) is 0 Å². The largest absolute Gasteiger partial charge is 0.387 e. The third-order valence-electron chi connectivity index (χ3n) is 4.67. The quantitative estimate of drug-likeness (QED) is 0.831. The molecule has 1 saturated carbocycles. The molecule has 0 radical (unpaired) electrons. The summed E-state index contributed by atoms with van der Waals surface area (Å²) in [6.45, 7) is 4.48. The van der Waals surface area contributed by atoms with Crippen molar-refractivity contribution < 1.29 is 9.90 Å². The second-order valence-corrected chi connectivity index (χ2v) is 6.64. The first-order valence-electron chi connectivity index (χ1n) is 7.83. The molecule has 0 bridgehead atoms. The van der Waals surface area contributed by atoms with Crippen LogP contribution in [-0.2, 0) is 4.79 Å². The lowest BCUT2D eigenvalue weighted by Gasteiger charge is -2.46. The lowest BCUT2D eigenvalue weighted by atomic mass is 9.89. The standard InChI is InChI=1S/C17H24N2O2/c1-13(14-5-3-2-4-6-14)9-18-16(20)10-19-11-17(21,12-19)15-7-8-15/h2-6,13,15,21H,7-12H2,1H3,(H,18,20). The van der Waals surface area contributed by atoms with Crippen LogP contribution in [0.5, 0.6) is 0 Å². The van der Waals surface area contributed by atoms with E-state index in [1.807, 2.05) is 23.1 Å². The average Bonchev–Trinajstić information content (AvgIpc) is 3.28. The Balaban J connectivity index is 1.37. The average molecular weight is 288 g/mol. The van der Waals surface area contributed by atoms with Crippen molar-refractivity contribution in [2.24, 2.45) is 5.92 Å². The number of carbonyl (C=O) groups excluding carboxylic acids is 1. The van der Waals surface area contributed by atoms with Crippen LogP contribution in [-0.4, -0.2) is 47.7 Å². The zero-order valence-electron chi connectivity index (χ0n) is 12.6. The number of aliphatic hydroxyl groups is 1.